The molecule has 150 valence electrons. The molecule has 0 saturated carbocycles. The first kappa shape index (κ1) is 20.7. The number of hydrogen-bond donors (Lipinski definition) is 0. The predicted octanol–water partition coefficient (Wildman–Crippen LogP) is 3.47. The van der Waals surface area contributed by atoms with Crippen molar-refractivity contribution < 1.29 is 26.4 Å². The van der Waals surface area contributed by atoms with Crippen LogP contribution in [0.15, 0.2) is 53.7 Å². The molecular weight excluding hydrogens is 431 g/mol. The molecule has 3 rings (SSSR count). The van der Waals surface area contributed by atoms with Gasteiger partial charge in [-0.15, -0.1) is 6.42 Å². The number of alkyl halides is 3. The average molecular weight is 442 g/mol. The second kappa shape index (κ2) is 7.42. The molecule has 0 spiro atoms. The minimum atomic E-state index is -4.67. The molecule has 2 heterocycles. The van der Waals surface area contributed by atoms with Gasteiger partial charge in [0.2, 0.25) is 0 Å². The molecule has 2 aromatic heterocycles. The summed E-state index contributed by atoms with van der Waals surface area (Å²) in [5, 5.41) is -0.353. The molecule has 0 aliphatic rings. The van der Waals surface area contributed by atoms with Gasteiger partial charge in [0, 0.05) is 12.4 Å². The van der Waals surface area contributed by atoms with Gasteiger partial charge in [-0.25, -0.2) is 17.7 Å². The number of rotatable bonds is 4. The van der Waals surface area contributed by atoms with Crippen molar-refractivity contribution in [2.45, 2.75) is 11.1 Å². The molecule has 0 fully saturated rings. The van der Waals surface area contributed by atoms with Gasteiger partial charge in [-0.2, -0.15) is 13.2 Å². The maximum Gasteiger partial charge on any atom is 0.417 e. The van der Waals surface area contributed by atoms with Crippen LogP contribution in [0.1, 0.15) is 16.1 Å². The van der Waals surface area contributed by atoms with Gasteiger partial charge < -0.3 is 4.40 Å². The van der Waals surface area contributed by atoms with E-state index in [1.54, 1.807) is 6.07 Å². The number of pyridine rings is 1. The SMILES string of the molecule is C#CCN(C(=O)c1cn2cc(C(F)(F)F)cc(Cl)c2n1)S(=O)(=O)c1ccccc1. The number of benzene rings is 1. The molecule has 11 heteroatoms. The molecular formula is C18H11ClF3N3O3S. The van der Waals surface area contributed by atoms with E-state index in [0.717, 1.165) is 10.6 Å². The Morgan fingerprint density at radius 3 is 2.48 bits per heavy atom. The predicted molar refractivity (Wildman–Crippen MR) is 98.7 cm³/mol. The number of sulfonamides is 1. The van der Waals surface area contributed by atoms with Gasteiger partial charge in [0.15, 0.2) is 5.65 Å². The maximum absolute atomic E-state index is 13.0. The Labute approximate surface area is 168 Å². The summed E-state index contributed by atoms with van der Waals surface area (Å²) < 4.78 is 65.8. The zero-order valence-electron chi connectivity index (χ0n) is 14.4. The van der Waals surface area contributed by atoms with Crippen molar-refractivity contribution >= 4 is 33.2 Å². The summed E-state index contributed by atoms with van der Waals surface area (Å²) >= 11 is 5.85. The van der Waals surface area contributed by atoms with Gasteiger partial charge in [0.05, 0.1) is 22.0 Å². The van der Waals surface area contributed by atoms with Gasteiger partial charge in [-0.3, -0.25) is 4.79 Å². The van der Waals surface area contributed by atoms with Gasteiger partial charge >= 0.3 is 6.18 Å². The number of carbonyl (C=O) groups is 1. The second-order valence-corrected chi connectivity index (χ2v) is 8.04. The average Bonchev–Trinajstić information content (AvgIpc) is 3.10. The Bertz CT molecular complexity index is 1230. The lowest BCUT2D eigenvalue weighted by Crippen LogP contribution is -2.37. The molecule has 1 aromatic carbocycles. The van der Waals surface area contributed by atoms with E-state index >= 15 is 0 Å². The molecule has 0 radical (unpaired) electrons. The van der Waals surface area contributed by atoms with Crippen LogP contribution in [-0.4, -0.2) is 34.6 Å². The lowest BCUT2D eigenvalue weighted by Gasteiger charge is -2.19. The Balaban J connectivity index is 2.09. The zero-order chi connectivity index (χ0) is 21.4. The van der Waals surface area contributed by atoms with E-state index in [0.29, 0.717) is 16.6 Å². The quantitative estimate of drug-likeness (QED) is 0.581. The number of hydrogen-bond acceptors (Lipinski definition) is 4. The minimum absolute atomic E-state index is 0.138. The van der Waals surface area contributed by atoms with Crippen LogP contribution in [0.3, 0.4) is 0 Å². The highest BCUT2D eigenvalue weighted by molar-refractivity contribution is 7.89. The van der Waals surface area contributed by atoms with Crippen LogP contribution in [0.4, 0.5) is 13.2 Å². The molecule has 1 amide bonds. The second-order valence-electron chi connectivity index (χ2n) is 5.77. The zero-order valence-corrected chi connectivity index (χ0v) is 16.0. The van der Waals surface area contributed by atoms with Crippen LogP contribution in [0.2, 0.25) is 5.02 Å². The van der Waals surface area contributed by atoms with Crippen LogP contribution >= 0.6 is 11.6 Å². The van der Waals surface area contributed by atoms with E-state index in [1.807, 2.05) is 0 Å². The smallest absolute Gasteiger partial charge is 0.304 e. The number of aromatic nitrogens is 2. The highest BCUT2D eigenvalue weighted by Crippen LogP contribution is 2.32. The highest BCUT2D eigenvalue weighted by Gasteiger charge is 2.34. The van der Waals surface area contributed by atoms with Crippen LogP contribution < -0.4 is 0 Å². The third kappa shape index (κ3) is 3.92. The van der Waals surface area contributed by atoms with Gasteiger partial charge in [0.25, 0.3) is 15.9 Å². The summed E-state index contributed by atoms with van der Waals surface area (Å²) in [7, 11) is -4.31. The number of halogens is 4. The van der Waals surface area contributed by atoms with Crippen molar-refractivity contribution in [3.8, 4) is 12.3 Å². The fourth-order valence-electron chi connectivity index (χ4n) is 2.51. The molecule has 29 heavy (non-hydrogen) atoms. The third-order valence-corrected chi connectivity index (χ3v) is 5.87. The molecule has 3 aromatic rings. The van der Waals surface area contributed by atoms with Crippen LogP contribution in [0.25, 0.3) is 5.65 Å². The van der Waals surface area contributed by atoms with Crippen molar-refractivity contribution in [3.63, 3.8) is 0 Å². The van der Waals surface area contributed by atoms with Gasteiger partial charge in [-0.05, 0) is 18.2 Å². The standard InChI is InChI=1S/C18H11ClF3N3O3S/c1-2-8-25(29(27,28)13-6-4-3-5-7-13)17(26)15-11-24-10-12(18(20,21)22)9-14(19)16(24)23-15/h1,3-7,9-11H,8H2. The number of nitrogens with zero attached hydrogens (tertiary/aromatic N) is 3. The van der Waals surface area contributed by atoms with Gasteiger partial charge in [-0.1, -0.05) is 35.7 Å². The normalized spacial score (nSPS) is 12.0. The Morgan fingerprint density at radius 2 is 1.90 bits per heavy atom. The number of carbonyl (C=O) groups excluding carboxylic acids is 1. The van der Waals surface area contributed by atoms with Crippen molar-refractivity contribution in [1.29, 1.82) is 0 Å². The van der Waals surface area contributed by atoms with E-state index in [4.69, 9.17) is 18.0 Å². The number of terminal acetylenes is 1. The van der Waals surface area contributed by atoms with Crippen LogP contribution in [0.5, 0.6) is 0 Å². The van der Waals surface area contributed by atoms with E-state index in [1.165, 1.54) is 24.3 Å². The fraction of sp³-hybridized carbons (Fsp3) is 0.111. The van der Waals surface area contributed by atoms with E-state index in [-0.39, 0.29) is 15.6 Å². The minimum Gasteiger partial charge on any atom is -0.304 e. The Kier molecular flexibility index (Phi) is 5.30. The summed E-state index contributed by atoms with van der Waals surface area (Å²) in [4.78, 5) is 16.5. The van der Waals surface area contributed by atoms with E-state index in [2.05, 4.69) is 10.9 Å². The largest absolute Gasteiger partial charge is 0.417 e. The summed E-state index contributed by atoms with van der Waals surface area (Å²) in [5.41, 5.74) is -1.62. The van der Waals surface area contributed by atoms with Gasteiger partial charge in [0.1, 0.15) is 5.69 Å². The molecule has 0 N–H and O–H groups in total. The van der Waals surface area contributed by atoms with Crippen molar-refractivity contribution in [1.82, 2.24) is 13.7 Å². The molecule has 0 aliphatic heterocycles. The Morgan fingerprint density at radius 1 is 1.24 bits per heavy atom. The number of imidazole rings is 1. The molecule has 0 bridgehead atoms. The molecule has 6 nitrogen and oxygen atoms in total. The van der Waals surface area contributed by atoms with Crippen molar-refractivity contribution in [2.24, 2.45) is 0 Å². The van der Waals surface area contributed by atoms with E-state index < -0.39 is 39.9 Å². The first-order valence-electron chi connectivity index (χ1n) is 7.86. The molecule has 0 atom stereocenters. The van der Waals surface area contributed by atoms with Crippen molar-refractivity contribution in [3.05, 3.63) is 65.1 Å². The lowest BCUT2D eigenvalue weighted by molar-refractivity contribution is -0.137. The summed E-state index contributed by atoms with van der Waals surface area (Å²) in [6.07, 6.45) is 2.20. The lowest BCUT2D eigenvalue weighted by atomic mass is 10.3. The number of amides is 1. The molecule has 0 aliphatic carbocycles. The maximum atomic E-state index is 13.0. The fourth-order valence-corrected chi connectivity index (χ4v) is 4.08. The topological polar surface area (TPSA) is 71.8 Å². The van der Waals surface area contributed by atoms with Crippen LogP contribution in [0, 0.1) is 12.3 Å². The summed E-state index contributed by atoms with van der Waals surface area (Å²) in [5.74, 6) is 0.988. The first-order chi connectivity index (χ1) is 13.6. The monoisotopic (exact) mass is 441 g/mol. The molecule has 0 saturated heterocycles. The summed E-state index contributed by atoms with van der Waals surface area (Å²) in [6.45, 7) is -0.592. The first-order valence-corrected chi connectivity index (χ1v) is 9.68. The van der Waals surface area contributed by atoms with E-state index in [9.17, 15) is 26.4 Å². The summed E-state index contributed by atoms with van der Waals surface area (Å²) in [6, 6.07) is 7.75. The highest BCUT2D eigenvalue weighted by atomic mass is 35.5. The van der Waals surface area contributed by atoms with Crippen molar-refractivity contribution in [2.75, 3.05) is 6.54 Å². The third-order valence-electron chi connectivity index (χ3n) is 3.85. The van der Waals surface area contributed by atoms with Crippen LogP contribution in [-0.2, 0) is 16.2 Å². The number of fused-ring (bicyclic) bond motifs is 1. The molecule has 0 unspecified atom stereocenters. The Hall–Kier alpha value is -3.03.